The van der Waals surface area contributed by atoms with E-state index < -0.39 is 41.1 Å². The average molecular weight is 563 g/mol. The van der Waals surface area contributed by atoms with Gasteiger partial charge in [-0.1, -0.05) is 36.4 Å². The lowest BCUT2D eigenvalue weighted by Gasteiger charge is -2.39. The Morgan fingerprint density at radius 2 is 1.90 bits per heavy atom. The average Bonchev–Trinajstić information content (AvgIpc) is 3.55. The summed E-state index contributed by atoms with van der Waals surface area (Å²) < 4.78 is 17.4. The minimum absolute atomic E-state index is 0.170. The standard InChI is InChI=1S/C32H38N2O7/c1-5-18-33(22-12-14-24(39-4)15-13-22)29(37)27-32-17-16-31(3,41-32)26(30(38)40-6-2)25(32)28(36)34(27)23(20-35)19-21-10-8-7-9-11-21/h5,7-15,23,25-27,35H,1,6,16-20H2,2-4H3/t23-,25+,26+,27?,31-,32?/m1/s1. The number of nitrogens with zero attached hydrogens (tertiary/aromatic N) is 2. The van der Waals surface area contributed by atoms with Crippen molar-refractivity contribution in [1.82, 2.24) is 4.90 Å². The molecule has 9 nitrogen and oxygen atoms in total. The van der Waals surface area contributed by atoms with Gasteiger partial charge in [-0.05, 0) is 62.9 Å². The summed E-state index contributed by atoms with van der Waals surface area (Å²) in [4.78, 5) is 45.6. The van der Waals surface area contributed by atoms with Crippen molar-refractivity contribution in [3.63, 3.8) is 0 Å². The third kappa shape index (κ3) is 4.71. The summed E-state index contributed by atoms with van der Waals surface area (Å²) in [6, 6.07) is 14.8. The predicted octanol–water partition coefficient (Wildman–Crippen LogP) is 3.15. The summed E-state index contributed by atoms with van der Waals surface area (Å²) in [6.07, 6.45) is 2.89. The van der Waals surface area contributed by atoms with Crippen molar-refractivity contribution in [2.75, 3.05) is 31.8 Å². The van der Waals surface area contributed by atoms with Gasteiger partial charge in [0.25, 0.3) is 5.91 Å². The molecule has 0 aromatic heterocycles. The van der Waals surface area contributed by atoms with E-state index in [-0.39, 0.29) is 31.6 Å². The summed E-state index contributed by atoms with van der Waals surface area (Å²) in [5.41, 5.74) is -0.657. The quantitative estimate of drug-likeness (QED) is 0.331. The first-order valence-electron chi connectivity index (χ1n) is 14.1. The number of fused-ring (bicyclic) bond motifs is 1. The Hall–Kier alpha value is -3.69. The van der Waals surface area contributed by atoms with Crippen LogP contribution in [0.2, 0.25) is 0 Å². The van der Waals surface area contributed by atoms with Gasteiger partial charge in [-0.15, -0.1) is 6.58 Å². The van der Waals surface area contributed by atoms with Crippen LogP contribution in [0.5, 0.6) is 5.75 Å². The third-order valence-corrected chi connectivity index (χ3v) is 8.87. The molecule has 0 aliphatic carbocycles. The largest absolute Gasteiger partial charge is 0.497 e. The molecule has 0 saturated carbocycles. The van der Waals surface area contributed by atoms with Gasteiger partial charge in [-0.2, -0.15) is 0 Å². The van der Waals surface area contributed by atoms with E-state index in [1.54, 1.807) is 49.3 Å². The molecule has 3 aliphatic rings. The van der Waals surface area contributed by atoms with Crippen LogP contribution in [-0.2, 0) is 30.3 Å². The van der Waals surface area contributed by atoms with Gasteiger partial charge in [0.2, 0.25) is 5.91 Å². The molecular weight excluding hydrogens is 524 g/mol. The molecule has 3 aliphatic heterocycles. The second-order valence-electron chi connectivity index (χ2n) is 11.2. The summed E-state index contributed by atoms with van der Waals surface area (Å²) >= 11 is 0. The number of hydrogen-bond donors (Lipinski definition) is 1. The van der Waals surface area contributed by atoms with Crippen LogP contribution in [0.1, 0.15) is 32.3 Å². The first-order valence-corrected chi connectivity index (χ1v) is 14.1. The number of amides is 2. The number of aliphatic hydroxyl groups excluding tert-OH is 1. The zero-order valence-corrected chi connectivity index (χ0v) is 23.8. The van der Waals surface area contributed by atoms with E-state index in [0.717, 1.165) is 5.56 Å². The molecule has 1 spiro atoms. The van der Waals surface area contributed by atoms with Gasteiger partial charge in [0.15, 0.2) is 0 Å². The van der Waals surface area contributed by atoms with Gasteiger partial charge in [0.05, 0.1) is 37.9 Å². The van der Waals surface area contributed by atoms with Gasteiger partial charge in [0, 0.05) is 12.2 Å². The smallest absolute Gasteiger partial charge is 0.312 e. The normalized spacial score (nSPS) is 28.7. The van der Waals surface area contributed by atoms with E-state index in [1.807, 2.05) is 37.3 Å². The molecule has 9 heteroatoms. The van der Waals surface area contributed by atoms with Crippen molar-refractivity contribution in [1.29, 1.82) is 0 Å². The molecule has 3 fully saturated rings. The van der Waals surface area contributed by atoms with Crippen molar-refractivity contribution in [3.8, 4) is 5.75 Å². The molecule has 218 valence electrons. The molecule has 2 bridgehead atoms. The maximum absolute atomic E-state index is 14.7. The number of methoxy groups -OCH3 is 1. The molecule has 2 amide bonds. The molecule has 0 radical (unpaired) electrons. The van der Waals surface area contributed by atoms with E-state index in [9.17, 15) is 19.5 Å². The fraction of sp³-hybridized carbons (Fsp3) is 0.469. The van der Waals surface area contributed by atoms with Crippen molar-refractivity contribution in [2.45, 2.75) is 56.4 Å². The number of anilines is 1. The minimum Gasteiger partial charge on any atom is -0.497 e. The van der Waals surface area contributed by atoms with Gasteiger partial charge in [-0.25, -0.2) is 0 Å². The number of aliphatic hydroxyl groups is 1. The lowest BCUT2D eigenvalue weighted by atomic mass is 9.66. The van der Waals surface area contributed by atoms with Crippen molar-refractivity contribution in [3.05, 3.63) is 72.8 Å². The number of hydrogen-bond acceptors (Lipinski definition) is 7. The van der Waals surface area contributed by atoms with Gasteiger partial charge in [0.1, 0.15) is 23.3 Å². The maximum Gasteiger partial charge on any atom is 0.312 e. The van der Waals surface area contributed by atoms with E-state index >= 15 is 0 Å². The molecule has 3 heterocycles. The fourth-order valence-electron chi connectivity index (χ4n) is 7.12. The summed E-state index contributed by atoms with van der Waals surface area (Å²) in [6.45, 7) is 7.41. The van der Waals surface area contributed by atoms with Crippen molar-refractivity contribution in [2.24, 2.45) is 11.8 Å². The van der Waals surface area contributed by atoms with Crippen LogP contribution in [-0.4, -0.2) is 77.9 Å². The molecule has 3 saturated heterocycles. The highest BCUT2D eigenvalue weighted by Gasteiger charge is 2.79. The minimum atomic E-state index is -1.24. The van der Waals surface area contributed by atoms with E-state index in [4.69, 9.17) is 14.2 Å². The highest BCUT2D eigenvalue weighted by Crippen LogP contribution is 2.63. The van der Waals surface area contributed by atoms with Crippen LogP contribution in [0.3, 0.4) is 0 Å². The first kappa shape index (κ1) is 28.8. The number of esters is 1. The summed E-state index contributed by atoms with van der Waals surface area (Å²) in [5.74, 6) is -2.33. The molecular formula is C32H38N2O7. The Morgan fingerprint density at radius 3 is 2.51 bits per heavy atom. The first-order chi connectivity index (χ1) is 19.7. The Morgan fingerprint density at radius 1 is 1.20 bits per heavy atom. The van der Waals surface area contributed by atoms with Crippen LogP contribution in [0.4, 0.5) is 5.69 Å². The second kappa shape index (κ2) is 11.3. The molecule has 2 unspecified atom stereocenters. The number of likely N-dealkylation sites (tertiary alicyclic amines) is 1. The molecule has 5 rings (SSSR count). The Bertz CT molecular complexity index is 1300. The second-order valence-corrected chi connectivity index (χ2v) is 11.2. The highest BCUT2D eigenvalue weighted by molar-refractivity contribution is 6.05. The Balaban J connectivity index is 1.62. The monoisotopic (exact) mass is 562 g/mol. The van der Waals surface area contributed by atoms with Crippen LogP contribution in [0.25, 0.3) is 0 Å². The van der Waals surface area contributed by atoms with Crippen LogP contribution in [0, 0.1) is 11.8 Å². The summed E-state index contributed by atoms with van der Waals surface area (Å²) in [5, 5.41) is 10.6. The zero-order chi connectivity index (χ0) is 29.4. The van der Waals surface area contributed by atoms with E-state index in [0.29, 0.717) is 30.7 Å². The van der Waals surface area contributed by atoms with E-state index in [2.05, 4.69) is 6.58 Å². The number of carbonyl (C=O) groups is 3. The van der Waals surface area contributed by atoms with Crippen molar-refractivity contribution >= 4 is 23.5 Å². The fourth-order valence-corrected chi connectivity index (χ4v) is 7.12. The number of carbonyl (C=O) groups excluding carboxylic acids is 3. The number of rotatable bonds is 11. The Kier molecular flexibility index (Phi) is 7.94. The van der Waals surface area contributed by atoms with E-state index in [1.165, 1.54) is 4.90 Å². The number of benzene rings is 2. The molecule has 1 N–H and O–H groups in total. The molecule has 2 aromatic rings. The topological polar surface area (TPSA) is 106 Å². The third-order valence-electron chi connectivity index (χ3n) is 8.87. The zero-order valence-electron chi connectivity index (χ0n) is 23.8. The molecule has 2 aromatic carbocycles. The summed E-state index contributed by atoms with van der Waals surface area (Å²) in [7, 11) is 1.57. The lowest BCUT2D eigenvalue weighted by molar-refractivity contribution is -0.160. The molecule has 41 heavy (non-hydrogen) atoms. The van der Waals surface area contributed by atoms with Crippen LogP contribution < -0.4 is 9.64 Å². The van der Waals surface area contributed by atoms with Gasteiger partial charge >= 0.3 is 5.97 Å². The van der Waals surface area contributed by atoms with Crippen LogP contribution in [0.15, 0.2) is 67.3 Å². The van der Waals surface area contributed by atoms with Gasteiger partial charge < -0.3 is 29.1 Å². The van der Waals surface area contributed by atoms with Gasteiger partial charge in [-0.3, -0.25) is 14.4 Å². The highest BCUT2D eigenvalue weighted by atomic mass is 16.6. The SMILES string of the molecule is C=CCN(C(=O)C1N([C@@H](CO)Cc2ccccc2)C(=O)[C@@H]2[C@@H](C(=O)OCC)[C@@]3(C)CCC12O3)c1ccc(OC)cc1. The number of ether oxygens (including phenoxy) is 3. The van der Waals surface area contributed by atoms with Crippen LogP contribution >= 0.6 is 0 Å². The maximum atomic E-state index is 14.7. The molecule has 6 atom stereocenters. The Labute approximate surface area is 240 Å². The predicted molar refractivity (Wildman–Crippen MR) is 152 cm³/mol. The van der Waals surface area contributed by atoms with Crippen molar-refractivity contribution < 1.29 is 33.7 Å². The lowest BCUT2D eigenvalue weighted by Crippen LogP contribution is -2.59.